The van der Waals surface area contributed by atoms with Crippen LogP contribution in [0.15, 0.2) is 4.99 Å². The van der Waals surface area contributed by atoms with Crippen molar-refractivity contribution in [3.8, 4) is 0 Å². The molecule has 3 N–H and O–H groups in total. The molecule has 1 heterocycles. The first-order chi connectivity index (χ1) is 9.47. The van der Waals surface area contributed by atoms with Gasteiger partial charge in [0.1, 0.15) is 0 Å². The van der Waals surface area contributed by atoms with Gasteiger partial charge in [0, 0.05) is 39.2 Å². The average Bonchev–Trinajstić information content (AvgIpc) is 2.84. The van der Waals surface area contributed by atoms with Gasteiger partial charge in [-0.3, -0.25) is 9.79 Å². The molecule has 1 saturated heterocycles. The lowest BCUT2D eigenvalue weighted by molar-refractivity contribution is -0.123. The minimum atomic E-state index is -0.0938. The summed E-state index contributed by atoms with van der Waals surface area (Å²) in [6.45, 7) is 8.69. The van der Waals surface area contributed by atoms with Crippen LogP contribution in [0.5, 0.6) is 0 Å². The van der Waals surface area contributed by atoms with Crippen LogP contribution in [-0.2, 0) is 9.53 Å². The predicted molar refractivity (Wildman–Crippen MR) is 96.2 cm³/mol. The standard InChI is InChI=1S/C14H28N4O2.HI/c1-11(2)12(19)16-7-8-17-13(15-4)18-10-14(3)6-5-9-20-14;/h11H,5-10H2,1-4H3,(H,16,19)(H2,15,17,18);1H. The number of hydrogen-bond acceptors (Lipinski definition) is 3. The van der Waals surface area contributed by atoms with E-state index in [1.807, 2.05) is 13.8 Å². The third-order valence-electron chi connectivity index (χ3n) is 3.39. The Morgan fingerprint density at radius 3 is 2.48 bits per heavy atom. The van der Waals surface area contributed by atoms with E-state index in [0.29, 0.717) is 13.1 Å². The monoisotopic (exact) mass is 412 g/mol. The molecular formula is C14H29IN4O2. The lowest BCUT2D eigenvalue weighted by atomic mass is 10.0. The summed E-state index contributed by atoms with van der Waals surface area (Å²) in [4.78, 5) is 15.6. The van der Waals surface area contributed by atoms with Crippen molar-refractivity contribution in [1.82, 2.24) is 16.0 Å². The van der Waals surface area contributed by atoms with Crippen LogP contribution in [-0.4, -0.2) is 50.8 Å². The Balaban J connectivity index is 0.00000400. The molecule has 6 nitrogen and oxygen atoms in total. The van der Waals surface area contributed by atoms with Gasteiger partial charge < -0.3 is 20.7 Å². The van der Waals surface area contributed by atoms with Gasteiger partial charge in [0.15, 0.2) is 5.96 Å². The van der Waals surface area contributed by atoms with Crippen molar-refractivity contribution in [2.75, 3.05) is 33.3 Å². The number of amides is 1. The van der Waals surface area contributed by atoms with E-state index in [4.69, 9.17) is 4.74 Å². The number of ether oxygens (including phenoxy) is 1. The molecule has 0 aromatic rings. The minimum Gasteiger partial charge on any atom is -0.373 e. The molecule has 1 unspecified atom stereocenters. The molecule has 0 saturated carbocycles. The van der Waals surface area contributed by atoms with Gasteiger partial charge in [-0.05, 0) is 19.8 Å². The number of carbonyl (C=O) groups excluding carboxylic acids is 1. The fourth-order valence-electron chi connectivity index (χ4n) is 2.04. The highest BCUT2D eigenvalue weighted by Gasteiger charge is 2.29. The van der Waals surface area contributed by atoms with Crippen LogP contribution in [0.4, 0.5) is 0 Å². The zero-order valence-electron chi connectivity index (χ0n) is 13.5. The molecular weight excluding hydrogens is 383 g/mol. The van der Waals surface area contributed by atoms with Crippen LogP contribution < -0.4 is 16.0 Å². The largest absolute Gasteiger partial charge is 0.373 e. The zero-order chi connectivity index (χ0) is 15.0. The first-order valence-corrected chi connectivity index (χ1v) is 7.33. The Hall–Kier alpha value is -0.570. The van der Waals surface area contributed by atoms with Gasteiger partial charge in [-0.1, -0.05) is 13.8 Å². The molecule has 0 aromatic carbocycles. The first kappa shape index (κ1) is 20.4. The number of aliphatic imine (C=N–C) groups is 1. The lowest BCUT2D eigenvalue weighted by Gasteiger charge is -2.24. The zero-order valence-corrected chi connectivity index (χ0v) is 15.8. The number of nitrogens with zero attached hydrogens (tertiary/aromatic N) is 1. The maximum absolute atomic E-state index is 11.4. The molecule has 0 spiro atoms. The molecule has 0 aliphatic carbocycles. The molecule has 1 rings (SSSR count). The second-order valence-corrected chi connectivity index (χ2v) is 5.70. The van der Waals surface area contributed by atoms with Gasteiger partial charge in [0.25, 0.3) is 0 Å². The molecule has 0 radical (unpaired) electrons. The summed E-state index contributed by atoms with van der Waals surface area (Å²) in [5.74, 6) is 0.828. The fraction of sp³-hybridized carbons (Fsp3) is 0.857. The normalized spacial score (nSPS) is 21.9. The summed E-state index contributed by atoms with van der Waals surface area (Å²) in [7, 11) is 1.74. The quantitative estimate of drug-likeness (QED) is 0.265. The van der Waals surface area contributed by atoms with E-state index in [1.165, 1.54) is 0 Å². The number of nitrogens with one attached hydrogen (secondary N) is 3. The highest BCUT2D eigenvalue weighted by molar-refractivity contribution is 14.0. The van der Waals surface area contributed by atoms with Crippen molar-refractivity contribution in [3.05, 3.63) is 0 Å². The van der Waals surface area contributed by atoms with E-state index >= 15 is 0 Å². The summed E-state index contributed by atoms with van der Waals surface area (Å²) in [5.41, 5.74) is -0.0938. The minimum absolute atomic E-state index is 0. The second-order valence-electron chi connectivity index (χ2n) is 5.70. The topological polar surface area (TPSA) is 74.8 Å². The van der Waals surface area contributed by atoms with Gasteiger partial charge in [-0.2, -0.15) is 0 Å². The van der Waals surface area contributed by atoms with Crippen molar-refractivity contribution in [2.24, 2.45) is 10.9 Å². The van der Waals surface area contributed by atoms with E-state index in [2.05, 4.69) is 27.9 Å². The smallest absolute Gasteiger partial charge is 0.222 e. The molecule has 1 aliphatic rings. The summed E-state index contributed by atoms with van der Waals surface area (Å²) in [5, 5.41) is 9.29. The molecule has 21 heavy (non-hydrogen) atoms. The molecule has 0 bridgehead atoms. The fourth-order valence-corrected chi connectivity index (χ4v) is 2.04. The Kier molecular flexibility index (Phi) is 9.93. The molecule has 7 heteroatoms. The van der Waals surface area contributed by atoms with Gasteiger partial charge in [-0.15, -0.1) is 24.0 Å². The predicted octanol–water partition coefficient (Wildman–Crippen LogP) is 1.11. The van der Waals surface area contributed by atoms with Gasteiger partial charge in [0.2, 0.25) is 5.91 Å². The van der Waals surface area contributed by atoms with E-state index < -0.39 is 0 Å². The van der Waals surface area contributed by atoms with Crippen LogP contribution in [0, 0.1) is 5.92 Å². The maximum atomic E-state index is 11.4. The number of guanidine groups is 1. The van der Waals surface area contributed by atoms with E-state index in [0.717, 1.165) is 32.0 Å². The average molecular weight is 412 g/mol. The summed E-state index contributed by atoms with van der Waals surface area (Å²) in [6, 6.07) is 0. The Morgan fingerprint density at radius 1 is 1.29 bits per heavy atom. The van der Waals surface area contributed by atoms with E-state index in [-0.39, 0.29) is 41.4 Å². The SMILES string of the molecule is CN=C(NCCNC(=O)C(C)C)NCC1(C)CCCO1.I. The van der Waals surface area contributed by atoms with Crippen molar-refractivity contribution < 1.29 is 9.53 Å². The number of halogens is 1. The Morgan fingerprint density at radius 2 is 1.95 bits per heavy atom. The van der Waals surface area contributed by atoms with E-state index in [1.54, 1.807) is 7.05 Å². The first-order valence-electron chi connectivity index (χ1n) is 7.33. The van der Waals surface area contributed by atoms with Gasteiger partial charge in [0.05, 0.1) is 5.60 Å². The Bertz CT molecular complexity index is 342. The van der Waals surface area contributed by atoms with Crippen molar-refractivity contribution in [2.45, 2.75) is 39.2 Å². The van der Waals surface area contributed by atoms with Crippen molar-refractivity contribution in [3.63, 3.8) is 0 Å². The number of hydrogen-bond donors (Lipinski definition) is 3. The summed E-state index contributed by atoms with van der Waals surface area (Å²) >= 11 is 0. The molecule has 1 aliphatic heterocycles. The number of carbonyl (C=O) groups is 1. The maximum Gasteiger partial charge on any atom is 0.222 e. The molecule has 1 amide bonds. The van der Waals surface area contributed by atoms with Gasteiger partial charge >= 0.3 is 0 Å². The molecule has 0 aromatic heterocycles. The lowest BCUT2D eigenvalue weighted by Crippen LogP contribution is -2.47. The third kappa shape index (κ3) is 7.85. The Labute approximate surface area is 144 Å². The molecule has 1 fully saturated rings. The number of rotatable bonds is 6. The van der Waals surface area contributed by atoms with Crippen molar-refractivity contribution >= 4 is 35.8 Å². The van der Waals surface area contributed by atoms with E-state index in [9.17, 15) is 4.79 Å². The van der Waals surface area contributed by atoms with Crippen LogP contribution in [0.2, 0.25) is 0 Å². The van der Waals surface area contributed by atoms with Crippen LogP contribution in [0.1, 0.15) is 33.6 Å². The molecule has 124 valence electrons. The van der Waals surface area contributed by atoms with Crippen LogP contribution in [0.3, 0.4) is 0 Å². The summed E-state index contributed by atoms with van der Waals surface area (Å²) < 4.78 is 5.72. The van der Waals surface area contributed by atoms with Crippen LogP contribution in [0.25, 0.3) is 0 Å². The van der Waals surface area contributed by atoms with Crippen molar-refractivity contribution in [1.29, 1.82) is 0 Å². The highest BCUT2D eigenvalue weighted by atomic mass is 127. The second kappa shape index (κ2) is 10.2. The highest BCUT2D eigenvalue weighted by Crippen LogP contribution is 2.23. The molecule has 1 atom stereocenters. The third-order valence-corrected chi connectivity index (χ3v) is 3.39. The van der Waals surface area contributed by atoms with Gasteiger partial charge in [-0.25, -0.2) is 0 Å². The van der Waals surface area contributed by atoms with Crippen LogP contribution >= 0.6 is 24.0 Å². The summed E-state index contributed by atoms with van der Waals surface area (Å²) in [6.07, 6.45) is 2.19.